The second-order valence-electron chi connectivity index (χ2n) is 5.12. The van der Waals surface area contributed by atoms with Gasteiger partial charge in [-0.2, -0.15) is 0 Å². The number of rotatable bonds is 8. The summed E-state index contributed by atoms with van der Waals surface area (Å²) in [7, 11) is 0. The highest BCUT2D eigenvalue weighted by molar-refractivity contribution is 5.94. The van der Waals surface area contributed by atoms with E-state index in [0.717, 1.165) is 24.3 Å². The molecule has 2 N–H and O–H groups in total. The minimum absolute atomic E-state index is 0.0735. The molecule has 5 nitrogen and oxygen atoms in total. The van der Waals surface area contributed by atoms with E-state index < -0.39 is 0 Å². The van der Waals surface area contributed by atoms with Crippen LogP contribution in [-0.2, 0) is 0 Å². The Labute approximate surface area is 137 Å². The fourth-order valence-electron chi connectivity index (χ4n) is 2.07. The van der Waals surface area contributed by atoms with Gasteiger partial charge in [-0.3, -0.25) is 4.79 Å². The van der Waals surface area contributed by atoms with Crippen LogP contribution < -0.4 is 15.4 Å². The van der Waals surface area contributed by atoms with Crippen LogP contribution in [0.5, 0.6) is 5.75 Å². The molecule has 0 aliphatic carbocycles. The number of hydrogen-bond donors (Lipinski definition) is 2. The molecule has 0 unspecified atom stereocenters. The Hall–Kier alpha value is -2.56. The van der Waals surface area contributed by atoms with Gasteiger partial charge in [0.1, 0.15) is 11.6 Å². The zero-order chi connectivity index (χ0) is 16.5. The van der Waals surface area contributed by atoms with E-state index in [0.29, 0.717) is 24.5 Å². The van der Waals surface area contributed by atoms with Crippen molar-refractivity contribution in [2.45, 2.75) is 26.7 Å². The SMILES string of the molecule is CCCCNC(=O)c1ccnc(Nc2ccc(OCC)cc2)c1. The average molecular weight is 313 g/mol. The topological polar surface area (TPSA) is 63.2 Å². The quantitative estimate of drug-likeness (QED) is 0.729. The van der Waals surface area contributed by atoms with Crippen LogP contribution >= 0.6 is 0 Å². The van der Waals surface area contributed by atoms with Gasteiger partial charge in [0.25, 0.3) is 5.91 Å². The molecule has 0 atom stereocenters. The highest BCUT2D eigenvalue weighted by Gasteiger charge is 2.06. The number of hydrogen-bond acceptors (Lipinski definition) is 4. The van der Waals surface area contributed by atoms with E-state index >= 15 is 0 Å². The third-order valence-corrected chi connectivity index (χ3v) is 3.28. The van der Waals surface area contributed by atoms with Crippen LogP contribution in [0, 0.1) is 0 Å². The van der Waals surface area contributed by atoms with E-state index in [9.17, 15) is 4.79 Å². The average Bonchev–Trinajstić information content (AvgIpc) is 2.57. The number of unbranched alkanes of at least 4 members (excludes halogenated alkanes) is 1. The molecule has 1 aromatic heterocycles. The van der Waals surface area contributed by atoms with E-state index in [1.807, 2.05) is 31.2 Å². The second kappa shape index (κ2) is 8.78. The van der Waals surface area contributed by atoms with Crippen molar-refractivity contribution in [3.8, 4) is 5.75 Å². The predicted molar refractivity (Wildman–Crippen MR) is 92.4 cm³/mol. The first-order valence-electron chi connectivity index (χ1n) is 7.97. The molecule has 23 heavy (non-hydrogen) atoms. The lowest BCUT2D eigenvalue weighted by molar-refractivity contribution is 0.0953. The highest BCUT2D eigenvalue weighted by atomic mass is 16.5. The number of anilines is 2. The Bertz CT molecular complexity index is 626. The molecule has 122 valence electrons. The predicted octanol–water partition coefficient (Wildman–Crippen LogP) is 3.75. The number of carbonyl (C=O) groups is 1. The molecule has 2 rings (SSSR count). The number of nitrogens with zero attached hydrogens (tertiary/aromatic N) is 1. The standard InChI is InChI=1S/C18H23N3O2/c1-3-5-11-20-18(22)14-10-12-19-17(13-14)21-15-6-8-16(9-7-15)23-4-2/h6-10,12-13H,3-5,11H2,1-2H3,(H,19,21)(H,20,22). The van der Waals surface area contributed by atoms with E-state index in [-0.39, 0.29) is 5.91 Å². The summed E-state index contributed by atoms with van der Waals surface area (Å²) >= 11 is 0. The van der Waals surface area contributed by atoms with Gasteiger partial charge in [0.05, 0.1) is 6.61 Å². The van der Waals surface area contributed by atoms with Crippen LogP contribution in [0.25, 0.3) is 0 Å². The summed E-state index contributed by atoms with van der Waals surface area (Å²) in [5, 5.41) is 6.09. The number of carbonyl (C=O) groups excluding carboxylic acids is 1. The molecule has 2 aromatic rings. The number of nitrogens with one attached hydrogen (secondary N) is 2. The molecular formula is C18H23N3O2. The molecule has 0 saturated heterocycles. The van der Waals surface area contributed by atoms with Gasteiger partial charge in [-0.15, -0.1) is 0 Å². The third-order valence-electron chi connectivity index (χ3n) is 3.28. The van der Waals surface area contributed by atoms with Crippen molar-refractivity contribution >= 4 is 17.4 Å². The number of ether oxygens (including phenoxy) is 1. The Morgan fingerprint density at radius 1 is 1.17 bits per heavy atom. The van der Waals surface area contributed by atoms with Crippen LogP contribution in [0.15, 0.2) is 42.6 Å². The normalized spacial score (nSPS) is 10.2. The number of pyridine rings is 1. The summed E-state index contributed by atoms with van der Waals surface area (Å²) in [5.74, 6) is 1.39. The molecule has 1 aromatic carbocycles. The Morgan fingerprint density at radius 2 is 1.96 bits per heavy atom. The maximum absolute atomic E-state index is 12.1. The molecule has 0 bridgehead atoms. The minimum Gasteiger partial charge on any atom is -0.494 e. The van der Waals surface area contributed by atoms with E-state index in [4.69, 9.17) is 4.74 Å². The summed E-state index contributed by atoms with van der Waals surface area (Å²) < 4.78 is 5.41. The molecule has 0 radical (unpaired) electrons. The van der Waals surface area contributed by atoms with Gasteiger partial charge in [0.2, 0.25) is 0 Å². The van der Waals surface area contributed by atoms with Gasteiger partial charge < -0.3 is 15.4 Å². The number of amides is 1. The van der Waals surface area contributed by atoms with Gasteiger partial charge in [-0.1, -0.05) is 13.3 Å². The molecule has 0 saturated carbocycles. The summed E-state index contributed by atoms with van der Waals surface area (Å²) in [6, 6.07) is 11.1. The maximum atomic E-state index is 12.1. The fourth-order valence-corrected chi connectivity index (χ4v) is 2.07. The van der Waals surface area contributed by atoms with Crippen molar-refractivity contribution in [3.63, 3.8) is 0 Å². The van der Waals surface area contributed by atoms with Crippen molar-refractivity contribution in [2.75, 3.05) is 18.5 Å². The summed E-state index contributed by atoms with van der Waals surface area (Å²) in [5.41, 5.74) is 1.49. The Morgan fingerprint density at radius 3 is 2.65 bits per heavy atom. The zero-order valence-electron chi connectivity index (χ0n) is 13.6. The van der Waals surface area contributed by atoms with Crippen LogP contribution in [0.3, 0.4) is 0 Å². The Balaban J connectivity index is 2.00. The van der Waals surface area contributed by atoms with E-state index in [1.54, 1.807) is 18.3 Å². The second-order valence-corrected chi connectivity index (χ2v) is 5.12. The molecule has 5 heteroatoms. The fraction of sp³-hybridized carbons (Fsp3) is 0.333. The summed E-state index contributed by atoms with van der Waals surface area (Å²) in [6.07, 6.45) is 3.67. The minimum atomic E-state index is -0.0735. The third kappa shape index (κ3) is 5.29. The molecule has 0 spiro atoms. The number of aromatic nitrogens is 1. The number of benzene rings is 1. The molecule has 0 aliphatic rings. The van der Waals surface area contributed by atoms with Gasteiger partial charge in [0, 0.05) is 24.0 Å². The highest BCUT2D eigenvalue weighted by Crippen LogP contribution is 2.19. The molecule has 0 aliphatic heterocycles. The van der Waals surface area contributed by atoms with E-state index in [1.165, 1.54) is 0 Å². The van der Waals surface area contributed by atoms with Crippen molar-refractivity contribution in [3.05, 3.63) is 48.2 Å². The first-order valence-corrected chi connectivity index (χ1v) is 7.97. The van der Waals surface area contributed by atoms with Crippen molar-refractivity contribution in [1.29, 1.82) is 0 Å². The van der Waals surface area contributed by atoms with Crippen molar-refractivity contribution in [2.24, 2.45) is 0 Å². The van der Waals surface area contributed by atoms with Gasteiger partial charge in [0.15, 0.2) is 0 Å². The summed E-state index contributed by atoms with van der Waals surface area (Å²) in [4.78, 5) is 16.3. The van der Waals surface area contributed by atoms with Crippen LogP contribution in [0.1, 0.15) is 37.0 Å². The van der Waals surface area contributed by atoms with Crippen LogP contribution in [0.4, 0.5) is 11.5 Å². The molecule has 0 fully saturated rings. The maximum Gasteiger partial charge on any atom is 0.251 e. The van der Waals surface area contributed by atoms with Gasteiger partial charge in [-0.25, -0.2) is 4.98 Å². The lowest BCUT2D eigenvalue weighted by Crippen LogP contribution is -2.24. The molecular weight excluding hydrogens is 290 g/mol. The first kappa shape index (κ1) is 16.8. The lowest BCUT2D eigenvalue weighted by Gasteiger charge is -2.09. The van der Waals surface area contributed by atoms with Crippen molar-refractivity contribution in [1.82, 2.24) is 10.3 Å². The van der Waals surface area contributed by atoms with Crippen LogP contribution in [0.2, 0.25) is 0 Å². The smallest absolute Gasteiger partial charge is 0.251 e. The molecule has 1 heterocycles. The van der Waals surface area contributed by atoms with E-state index in [2.05, 4.69) is 22.5 Å². The molecule has 1 amide bonds. The van der Waals surface area contributed by atoms with Crippen LogP contribution in [-0.4, -0.2) is 24.0 Å². The lowest BCUT2D eigenvalue weighted by atomic mass is 10.2. The van der Waals surface area contributed by atoms with Gasteiger partial charge in [-0.05, 0) is 49.7 Å². The largest absolute Gasteiger partial charge is 0.494 e. The zero-order valence-corrected chi connectivity index (χ0v) is 13.6. The first-order chi connectivity index (χ1) is 11.2. The summed E-state index contributed by atoms with van der Waals surface area (Å²) in [6.45, 7) is 5.38. The monoisotopic (exact) mass is 313 g/mol. The van der Waals surface area contributed by atoms with Crippen molar-refractivity contribution < 1.29 is 9.53 Å². The Kier molecular flexibility index (Phi) is 6.41. The van der Waals surface area contributed by atoms with Gasteiger partial charge >= 0.3 is 0 Å².